The first-order valence-electron chi connectivity index (χ1n) is 3.95. The van der Waals surface area contributed by atoms with Crippen molar-refractivity contribution >= 4 is 27.6 Å². The van der Waals surface area contributed by atoms with Crippen LogP contribution in [0.4, 0.5) is 18.9 Å². The normalized spacial score (nSPS) is 12.7. The summed E-state index contributed by atoms with van der Waals surface area (Å²) in [7, 11) is 0. The molecule has 0 aliphatic carbocycles. The highest BCUT2D eigenvalue weighted by Crippen LogP contribution is 2.34. The van der Waals surface area contributed by atoms with Gasteiger partial charge in [-0.1, -0.05) is 15.9 Å². The molecule has 16 heavy (non-hydrogen) atoms. The number of halogens is 4. The van der Waals surface area contributed by atoms with E-state index >= 15 is 0 Å². The number of rotatable bonds is 1. The summed E-state index contributed by atoms with van der Waals surface area (Å²) in [6.07, 6.45) is -4.46. The number of alkyl halides is 3. The van der Waals surface area contributed by atoms with E-state index in [4.69, 9.17) is 10.9 Å². The smallest absolute Gasteiger partial charge is 0.368 e. The molecule has 1 rings (SSSR count). The van der Waals surface area contributed by atoms with E-state index in [2.05, 4.69) is 20.9 Å². The molecular formula is C8H7BrF3N3O. The van der Waals surface area contributed by atoms with Gasteiger partial charge in [0.15, 0.2) is 0 Å². The maximum absolute atomic E-state index is 12.4. The fourth-order valence-corrected chi connectivity index (χ4v) is 1.45. The van der Waals surface area contributed by atoms with Crippen LogP contribution in [0.5, 0.6) is 0 Å². The molecule has 4 N–H and O–H groups in total. The van der Waals surface area contributed by atoms with Gasteiger partial charge in [-0.05, 0) is 18.2 Å². The zero-order chi connectivity index (χ0) is 12.3. The Kier molecular flexibility index (Phi) is 3.76. The molecule has 0 bridgehead atoms. The molecule has 0 aromatic heterocycles. The Bertz CT molecular complexity index is 419. The zero-order valence-electron chi connectivity index (χ0n) is 7.72. The molecule has 0 spiro atoms. The lowest BCUT2D eigenvalue weighted by atomic mass is 10.2. The highest BCUT2D eigenvalue weighted by molar-refractivity contribution is 9.10. The van der Waals surface area contributed by atoms with Crippen molar-refractivity contribution in [2.45, 2.75) is 6.18 Å². The van der Waals surface area contributed by atoms with Gasteiger partial charge >= 0.3 is 6.18 Å². The van der Waals surface area contributed by atoms with Crippen molar-refractivity contribution in [3.05, 3.63) is 28.2 Å². The van der Waals surface area contributed by atoms with Gasteiger partial charge in [0.2, 0.25) is 5.96 Å². The van der Waals surface area contributed by atoms with E-state index in [9.17, 15) is 13.2 Å². The predicted octanol–water partition coefficient (Wildman–Crippen LogP) is 2.39. The molecule has 4 nitrogen and oxygen atoms in total. The zero-order valence-corrected chi connectivity index (χ0v) is 9.30. The third kappa shape index (κ3) is 3.38. The van der Waals surface area contributed by atoms with E-state index in [1.54, 1.807) is 0 Å². The topological polar surface area (TPSA) is 70.6 Å². The van der Waals surface area contributed by atoms with Gasteiger partial charge in [-0.2, -0.15) is 13.2 Å². The fraction of sp³-hybridized carbons (Fsp3) is 0.125. The number of nitrogens with two attached hydrogens (primary N) is 1. The van der Waals surface area contributed by atoms with E-state index in [-0.39, 0.29) is 10.2 Å². The largest absolute Gasteiger partial charge is 0.416 e. The number of hydrogen-bond donors (Lipinski definition) is 3. The predicted molar refractivity (Wildman–Crippen MR) is 55.3 cm³/mol. The molecule has 0 aliphatic heterocycles. The molecule has 0 unspecified atom stereocenters. The first kappa shape index (κ1) is 12.8. The van der Waals surface area contributed by atoms with Crippen molar-refractivity contribution in [3.8, 4) is 0 Å². The SMILES string of the molecule is NC(=Nc1cc(Br)cc(C(F)(F)F)c1)NO. The van der Waals surface area contributed by atoms with Gasteiger partial charge in [0.1, 0.15) is 0 Å². The van der Waals surface area contributed by atoms with Gasteiger partial charge in [0.05, 0.1) is 11.3 Å². The maximum atomic E-state index is 12.4. The van der Waals surface area contributed by atoms with Crippen molar-refractivity contribution < 1.29 is 18.4 Å². The van der Waals surface area contributed by atoms with E-state index in [0.717, 1.165) is 12.1 Å². The Balaban J connectivity index is 3.19. The molecule has 88 valence electrons. The summed E-state index contributed by atoms with van der Waals surface area (Å²) in [4.78, 5) is 3.52. The molecule has 0 saturated carbocycles. The summed E-state index contributed by atoms with van der Waals surface area (Å²) in [5.74, 6) is -0.397. The van der Waals surface area contributed by atoms with Crippen LogP contribution in [0.25, 0.3) is 0 Å². The standard InChI is InChI=1S/C8H7BrF3N3O/c9-5-1-4(8(10,11)12)2-6(3-5)14-7(13)15-16/h1-3,16H,(H3,13,14,15). The van der Waals surface area contributed by atoms with Gasteiger partial charge < -0.3 is 5.73 Å². The van der Waals surface area contributed by atoms with Crippen LogP contribution in [-0.4, -0.2) is 11.2 Å². The number of benzene rings is 1. The summed E-state index contributed by atoms with van der Waals surface area (Å²) in [5.41, 5.74) is 5.75. The summed E-state index contributed by atoms with van der Waals surface area (Å²) in [6, 6.07) is 3.07. The molecule has 8 heteroatoms. The Morgan fingerprint density at radius 3 is 2.50 bits per heavy atom. The van der Waals surface area contributed by atoms with E-state index in [1.165, 1.54) is 11.5 Å². The average molecular weight is 298 g/mol. The van der Waals surface area contributed by atoms with Gasteiger partial charge in [-0.25, -0.2) is 10.5 Å². The molecule has 0 fully saturated rings. The number of nitrogens with one attached hydrogen (secondary N) is 1. The Labute approximate surface area is 97.1 Å². The van der Waals surface area contributed by atoms with E-state index < -0.39 is 17.7 Å². The number of hydrogen-bond acceptors (Lipinski definition) is 2. The third-order valence-corrected chi connectivity index (χ3v) is 2.03. The van der Waals surface area contributed by atoms with Crippen LogP contribution in [0.1, 0.15) is 5.56 Å². The van der Waals surface area contributed by atoms with Gasteiger partial charge in [-0.15, -0.1) is 0 Å². The minimum absolute atomic E-state index is 0.0271. The van der Waals surface area contributed by atoms with Crippen LogP contribution in [-0.2, 0) is 6.18 Å². The second-order valence-corrected chi connectivity index (χ2v) is 3.72. The minimum Gasteiger partial charge on any atom is -0.368 e. The molecular weight excluding hydrogens is 291 g/mol. The lowest BCUT2D eigenvalue weighted by Crippen LogP contribution is -2.27. The van der Waals surface area contributed by atoms with Crippen molar-refractivity contribution in [2.24, 2.45) is 10.7 Å². The number of nitrogens with zero attached hydrogens (tertiary/aromatic N) is 1. The van der Waals surface area contributed by atoms with Crippen LogP contribution in [0.15, 0.2) is 27.7 Å². The highest BCUT2D eigenvalue weighted by Gasteiger charge is 2.31. The first-order chi connectivity index (χ1) is 7.32. The molecule has 0 saturated heterocycles. The Morgan fingerprint density at radius 1 is 1.38 bits per heavy atom. The van der Waals surface area contributed by atoms with E-state index in [1.807, 2.05) is 0 Å². The molecule has 0 radical (unpaired) electrons. The second-order valence-electron chi connectivity index (χ2n) is 2.80. The van der Waals surface area contributed by atoms with Crippen molar-refractivity contribution in [1.29, 1.82) is 0 Å². The van der Waals surface area contributed by atoms with Crippen LogP contribution in [0, 0.1) is 0 Å². The van der Waals surface area contributed by atoms with Gasteiger partial charge in [0.25, 0.3) is 0 Å². The van der Waals surface area contributed by atoms with Crippen LogP contribution in [0.2, 0.25) is 0 Å². The molecule has 1 aromatic carbocycles. The molecule has 0 amide bonds. The number of aliphatic imine (C=N–C) groups is 1. The maximum Gasteiger partial charge on any atom is 0.416 e. The molecule has 1 aromatic rings. The van der Waals surface area contributed by atoms with Crippen molar-refractivity contribution in [3.63, 3.8) is 0 Å². The fourth-order valence-electron chi connectivity index (χ4n) is 0.966. The summed E-state index contributed by atoms with van der Waals surface area (Å²) < 4.78 is 37.4. The second kappa shape index (κ2) is 4.71. The molecule has 0 aliphatic rings. The lowest BCUT2D eigenvalue weighted by Gasteiger charge is -2.08. The number of hydroxylamine groups is 1. The average Bonchev–Trinajstić information content (AvgIpc) is 2.15. The van der Waals surface area contributed by atoms with Crippen LogP contribution >= 0.6 is 15.9 Å². The lowest BCUT2D eigenvalue weighted by molar-refractivity contribution is -0.137. The van der Waals surface area contributed by atoms with Crippen molar-refractivity contribution in [1.82, 2.24) is 5.48 Å². The summed E-state index contributed by atoms with van der Waals surface area (Å²) >= 11 is 2.92. The summed E-state index contributed by atoms with van der Waals surface area (Å²) in [6.45, 7) is 0. The Morgan fingerprint density at radius 2 is 2.00 bits per heavy atom. The molecule has 0 heterocycles. The first-order valence-corrected chi connectivity index (χ1v) is 4.74. The van der Waals surface area contributed by atoms with Crippen LogP contribution in [0.3, 0.4) is 0 Å². The summed E-state index contributed by atoms with van der Waals surface area (Å²) in [5, 5.41) is 8.35. The van der Waals surface area contributed by atoms with Crippen molar-refractivity contribution in [2.75, 3.05) is 0 Å². The van der Waals surface area contributed by atoms with Gasteiger partial charge in [0, 0.05) is 4.47 Å². The van der Waals surface area contributed by atoms with E-state index in [0.29, 0.717) is 0 Å². The van der Waals surface area contributed by atoms with Gasteiger partial charge in [-0.3, -0.25) is 5.21 Å². The third-order valence-electron chi connectivity index (χ3n) is 1.57. The minimum atomic E-state index is -4.46. The molecule has 0 atom stereocenters. The highest BCUT2D eigenvalue weighted by atomic mass is 79.9. The quantitative estimate of drug-likeness (QED) is 0.423. The van der Waals surface area contributed by atoms with Crippen LogP contribution < -0.4 is 11.2 Å². The Hall–Kier alpha value is -1.28. The number of guanidine groups is 1. The monoisotopic (exact) mass is 297 g/mol.